The fourth-order valence-corrected chi connectivity index (χ4v) is 4.80. The van der Waals surface area contributed by atoms with Crippen molar-refractivity contribution in [1.29, 1.82) is 0 Å². The summed E-state index contributed by atoms with van der Waals surface area (Å²) in [7, 11) is 0. The van der Waals surface area contributed by atoms with Crippen molar-refractivity contribution < 1.29 is 23.9 Å². The van der Waals surface area contributed by atoms with Crippen LogP contribution in [0, 0.1) is 25.7 Å². The molecule has 2 amide bonds. The van der Waals surface area contributed by atoms with Crippen molar-refractivity contribution in [3.63, 3.8) is 0 Å². The summed E-state index contributed by atoms with van der Waals surface area (Å²) in [5, 5.41) is 0. The summed E-state index contributed by atoms with van der Waals surface area (Å²) in [6.45, 7) is 4.45. The van der Waals surface area contributed by atoms with Crippen molar-refractivity contribution in [1.82, 2.24) is 9.47 Å². The van der Waals surface area contributed by atoms with E-state index in [1.54, 1.807) is 0 Å². The molecule has 0 N–H and O–H groups in total. The van der Waals surface area contributed by atoms with Gasteiger partial charge in [-0.25, -0.2) is 0 Å². The zero-order chi connectivity index (χ0) is 21.7. The van der Waals surface area contributed by atoms with Gasteiger partial charge < -0.3 is 14.0 Å². The minimum atomic E-state index is -0.316. The van der Waals surface area contributed by atoms with Gasteiger partial charge in [-0.1, -0.05) is 18.2 Å². The summed E-state index contributed by atoms with van der Waals surface area (Å²) in [4.78, 5) is 39.6. The third-order valence-electron chi connectivity index (χ3n) is 6.55. The van der Waals surface area contributed by atoms with Gasteiger partial charge in [0.15, 0.2) is 17.3 Å². The second-order valence-electron chi connectivity index (χ2n) is 8.40. The van der Waals surface area contributed by atoms with Crippen LogP contribution in [0.4, 0.5) is 0 Å². The van der Waals surface area contributed by atoms with Crippen LogP contribution in [0.2, 0.25) is 0 Å². The van der Waals surface area contributed by atoms with Crippen molar-refractivity contribution in [3.05, 3.63) is 58.9 Å². The first kappa shape index (κ1) is 19.6. The Hall–Kier alpha value is -3.35. The Morgan fingerprint density at radius 1 is 1.00 bits per heavy atom. The highest BCUT2D eigenvalue weighted by atomic mass is 16.7. The van der Waals surface area contributed by atoms with E-state index in [-0.39, 0.29) is 42.8 Å². The van der Waals surface area contributed by atoms with Gasteiger partial charge in [-0.05, 0) is 50.5 Å². The van der Waals surface area contributed by atoms with Crippen molar-refractivity contribution in [2.24, 2.45) is 11.8 Å². The Morgan fingerprint density at radius 3 is 2.39 bits per heavy atom. The summed E-state index contributed by atoms with van der Waals surface area (Å²) < 4.78 is 12.9. The molecule has 1 aromatic carbocycles. The van der Waals surface area contributed by atoms with E-state index in [4.69, 9.17) is 9.47 Å². The zero-order valence-electron chi connectivity index (χ0n) is 17.6. The molecule has 3 aliphatic rings. The zero-order valence-corrected chi connectivity index (χ0v) is 17.6. The van der Waals surface area contributed by atoms with Crippen LogP contribution < -0.4 is 9.47 Å². The molecule has 2 aromatic rings. The van der Waals surface area contributed by atoms with E-state index >= 15 is 0 Å². The first-order valence-electron chi connectivity index (χ1n) is 10.5. The number of aryl methyl sites for hydroxylation is 1. The number of hydrogen-bond acceptors (Lipinski definition) is 5. The summed E-state index contributed by atoms with van der Waals surface area (Å²) >= 11 is 0. The second kappa shape index (κ2) is 7.41. The number of fused-ring (bicyclic) bond motifs is 2. The predicted molar refractivity (Wildman–Crippen MR) is 112 cm³/mol. The third kappa shape index (κ3) is 3.24. The van der Waals surface area contributed by atoms with Gasteiger partial charge in [0.25, 0.3) is 0 Å². The van der Waals surface area contributed by atoms with Gasteiger partial charge in [-0.15, -0.1) is 0 Å². The van der Waals surface area contributed by atoms with Crippen LogP contribution in [0.1, 0.15) is 40.2 Å². The van der Waals surface area contributed by atoms with Gasteiger partial charge in [-0.2, -0.15) is 0 Å². The monoisotopic (exact) mass is 420 g/mol. The number of imide groups is 1. The number of amides is 2. The standard InChI is InChI=1S/C24H24N2O5/c1-14-9-19(15(2)25(14)11-16-7-8-21-22(10-16)31-13-30-21)20(27)12-26-23(28)17-5-3-4-6-18(17)24(26)29/h3-4,7-10,17-18H,5-6,11-13H2,1-2H3/t17-,18-/m1/s1. The Kier molecular flexibility index (Phi) is 4.68. The SMILES string of the molecule is Cc1cc(C(=O)CN2C(=O)[C@@H]3CC=CC[C@H]3C2=O)c(C)n1Cc1ccc2c(c1)OCO2. The number of ketones is 1. The van der Waals surface area contributed by atoms with E-state index in [1.807, 2.05) is 50.3 Å². The van der Waals surface area contributed by atoms with E-state index in [2.05, 4.69) is 4.57 Å². The topological polar surface area (TPSA) is 77.8 Å². The van der Waals surface area contributed by atoms with Crippen LogP contribution >= 0.6 is 0 Å². The number of aromatic nitrogens is 1. The number of allylic oxidation sites excluding steroid dienone is 2. The van der Waals surface area contributed by atoms with Crippen LogP contribution in [0.15, 0.2) is 36.4 Å². The number of ether oxygens (including phenoxy) is 2. The molecule has 1 aliphatic carbocycles. The normalized spacial score (nSPS) is 21.7. The fraction of sp³-hybridized carbons (Fsp3) is 0.375. The lowest BCUT2D eigenvalue weighted by Crippen LogP contribution is -2.36. The Labute approximate surface area is 180 Å². The smallest absolute Gasteiger partial charge is 0.233 e. The number of carbonyl (C=O) groups excluding carboxylic acids is 3. The average molecular weight is 420 g/mol. The highest BCUT2D eigenvalue weighted by Gasteiger charge is 2.47. The Balaban J connectivity index is 1.35. The molecule has 2 atom stereocenters. The molecule has 1 aromatic heterocycles. The van der Waals surface area contributed by atoms with Crippen LogP contribution in [-0.4, -0.2) is 40.4 Å². The van der Waals surface area contributed by atoms with E-state index < -0.39 is 0 Å². The minimum absolute atomic E-state index is 0.195. The molecule has 0 bridgehead atoms. The van der Waals surface area contributed by atoms with E-state index in [1.165, 1.54) is 0 Å². The van der Waals surface area contributed by atoms with E-state index in [0.29, 0.717) is 24.9 Å². The minimum Gasteiger partial charge on any atom is -0.454 e. The molecule has 5 rings (SSSR count). The Bertz CT molecular complexity index is 1100. The van der Waals surface area contributed by atoms with Crippen molar-refractivity contribution >= 4 is 17.6 Å². The van der Waals surface area contributed by atoms with Crippen molar-refractivity contribution in [3.8, 4) is 11.5 Å². The average Bonchev–Trinajstić information content (AvgIpc) is 3.41. The lowest BCUT2D eigenvalue weighted by Gasteiger charge is -2.14. The molecule has 0 saturated carbocycles. The summed E-state index contributed by atoms with van der Waals surface area (Å²) in [5.41, 5.74) is 3.34. The Morgan fingerprint density at radius 2 is 1.68 bits per heavy atom. The lowest BCUT2D eigenvalue weighted by molar-refractivity contribution is -0.139. The molecule has 160 valence electrons. The molecule has 1 saturated heterocycles. The number of Topliss-reactive ketones (excluding diaryl/α,β-unsaturated/α-hetero) is 1. The fourth-order valence-electron chi connectivity index (χ4n) is 4.80. The number of benzene rings is 1. The van der Waals surface area contributed by atoms with Crippen LogP contribution in [0.3, 0.4) is 0 Å². The van der Waals surface area contributed by atoms with Crippen molar-refractivity contribution in [2.75, 3.05) is 13.3 Å². The van der Waals surface area contributed by atoms with Gasteiger partial charge in [0.05, 0.1) is 18.4 Å². The summed E-state index contributed by atoms with van der Waals surface area (Å²) in [6, 6.07) is 7.65. The number of rotatable bonds is 5. The molecule has 0 radical (unpaired) electrons. The maximum atomic E-state index is 13.1. The van der Waals surface area contributed by atoms with Gasteiger partial charge >= 0.3 is 0 Å². The predicted octanol–water partition coefficient (Wildman–Crippen LogP) is 3.02. The summed E-state index contributed by atoms with van der Waals surface area (Å²) in [6.07, 6.45) is 5.04. The van der Waals surface area contributed by atoms with Crippen LogP contribution in [-0.2, 0) is 16.1 Å². The quantitative estimate of drug-likeness (QED) is 0.422. The highest BCUT2D eigenvalue weighted by Crippen LogP contribution is 2.35. The third-order valence-corrected chi connectivity index (χ3v) is 6.55. The van der Waals surface area contributed by atoms with Gasteiger partial charge in [0.1, 0.15) is 0 Å². The van der Waals surface area contributed by atoms with Crippen molar-refractivity contribution in [2.45, 2.75) is 33.2 Å². The summed E-state index contributed by atoms with van der Waals surface area (Å²) in [5.74, 6) is 0.170. The first-order valence-corrected chi connectivity index (χ1v) is 10.5. The maximum absolute atomic E-state index is 13.1. The molecule has 31 heavy (non-hydrogen) atoms. The maximum Gasteiger partial charge on any atom is 0.233 e. The first-order chi connectivity index (χ1) is 14.9. The van der Waals surface area contributed by atoms with E-state index in [0.717, 1.165) is 33.4 Å². The van der Waals surface area contributed by atoms with Crippen LogP contribution in [0.5, 0.6) is 11.5 Å². The van der Waals surface area contributed by atoms with Gasteiger partial charge in [0.2, 0.25) is 18.6 Å². The molecule has 1 fully saturated rings. The highest BCUT2D eigenvalue weighted by molar-refractivity contribution is 6.10. The molecule has 3 heterocycles. The molecule has 0 spiro atoms. The number of nitrogens with zero attached hydrogens (tertiary/aromatic N) is 2. The molecule has 2 aliphatic heterocycles. The molecule has 7 nitrogen and oxygen atoms in total. The molecule has 7 heteroatoms. The number of carbonyl (C=O) groups is 3. The van der Waals surface area contributed by atoms with E-state index in [9.17, 15) is 14.4 Å². The number of hydrogen-bond donors (Lipinski definition) is 0. The molecule has 0 unspecified atom stereocenters. The second-order valence-corrected chi connectivity index (χ2v) is 8.40. The largest absolute Gasteiger partial charge is 0.454 e. The van der Waals surface area contributed by atoms with Gasteiger partial charge in [0, 0.05) is 23.5 Å². The molecular formula is C24H24N2O5. The van der Waals surface area contributed by atoms with Crippen LogP contribution in [0.25, 0.3) is 0 Å². The van der Waals surface area contributed by atoms with Gasteiger partial charge in [-0.3, -0.25) is 19.3 Å². The molecular weight excluding hydrogens is 396 g/mol. The lowest BCUT2D eigenvalue weighted by atomic mass is 9.85. The number of likely N-dealkylation sites (tertiary alicyclic amines) is 1.